The van der Waals surface area contributed by atoms with E-state index in [1.54, 1.807) is 48.0 Å². The molecule has 19 nitrogen and oxygen atoms in total. The second kappa shape index (κ2) is 31.2. The number of carbonyl (C=O) groups is 5. The predicted octanol–water partition coefficient (Wildman–Crippen LogP) is 7.04. The lowest BCUT2D eigenvalue weighted by molar-refractivity contribution is -0.870. The number of quaternary nitrogens is 1. The van der Waals surface area contributed by atoms with Crippen LogP contribution in [0, 0.1) is 35.5 Å². The van der Waals surface area contributed by atoms with E-state index in [4.69, 9.17) is 37.5 Å². The number of carbonyl (C=O) groups excluding carboxylic acids is 5. The van der Waals surface area contributed by atoms with Crippen molar-refractivity contribution < 1.29 is 85.6 Å². The molecule has 3 heterocycles. The molecule has 0 aromatic rings. The number of phosphoric ester groups is 1. The average Bonchev–Trinajstić information content (AvgIpc) is 3.38. The van der Waals surface area contributed by atoms with Gasteiger partial charge in [-0.05, 0) is 107 Å². The van der Waals surface area contributed by atoms with Crippen molar-refractivity contribution in [1.29, 1.82) is 0 Å². The number of likely N-dealkylation sites (N-methyl/N-ethyl adjacent to an activating group) is 1. The smallest absolute Gasteiger partial charge is 0.460 e. The first-order chi connectivity index (χ1) is 36.6. The molecule has 2 saturated heterocycles. The van der Waals surface area contributed by atoms with Crippen LogP contribution in [0.2, 0.25) is 0 Å². The van der Waals surface area contributed by atoms with E-state index in [1.807, 2.05) is 72.3 Å². The summed E-state index contributed by atoms with van der Waals surface area (Å²) in [7, 11) is 6.07. The number of ketones is 3. The van der Waals surface area contributed by atoms with Crippen LogP contribution < -0.4 is 0 Å². The monoisotopic (exact) mass is 1120 g/mol. The molecule has 0 aromatic carbocycles. The molecule has 0 radical (unpaired) electrons. The van der Waals surface area contributed by atoms with E-state index in [0.29, 0.717) is 80.8 Å². The van der Waals surface area contributed by atoms with Gasteiger partial charge in [-0.15, -0.1) is 0 Å². The molecule has 0 spiro atoms. The number of phosphoric acid groups is 1. The van der Waals surface area contributed by atoms with Crippen molar-refractivity contribution in [1.82, 2.24) is 4.90 Å². The van der Waals surface area contributed by atoms with Crippen molar-refractivity contribution in [3.05, 3.63) is 47.6 Å². The zero-order valence-electron chi connectivity index (χ0n) is 49.0. The lowest BCUT2D eigenvalue weighted by Gasteiger charge is -2.42. The van der Waals surface area contributed by atoms with Crippen LogP contribution in [0.5, 0.6) is 0 Å². The maximum absolute atomic E-state index is 14.6. The molecule has 0 aromatic heterocycles. The van der Waals surface area contributed by atoms with E-state index in [-0.39, 0.29) is 74.8 Å². The molecule has 16 atom stereocenters. The topological polar surface area (TPSA) is 240 Å². The van der Waals surface area contributed by atoms with Gasteiger partial charge in [0.25, 0.3) is 11.7 Å². The number of piperidine rings is 1. The van der Waals surface area contributed by atoms with Crippen LogP contribution >= 0.6 is 7.82 Å². The summed E-state index contributed by atoms with van der Waals surface area (Å²) in [6, 6.07) is -1.19. The van der Waals surface area contributed by atoms with Crippen molar-refractivity contribution >= 4 is 37.0 Å². The zero-order valence-corrected chi connectivity index (χ0v) is 49.9. The number of esters is 1. The Bertz CT molecular complexity index is 2160. The van der Waals surface area contributed by atoms with E-state index in [2.05, 4.69) is 0 Å². The number of methoxy groups -OCH3 is 3. The van der Waals surface area contributed by atoms with Gasteiger partial charge in [0.15, 0.2) is 5.78 Å². The summed E-state index contributed by atoms with van der Waals surface area (Å²) in [5, 5.41) is 23.6. The summed E-state index contributed by atoms with van der Waals surface area (Å²) in [5.74, 6) is -8.39. The quantitative estimate of drug-likeness (QED) is 0.0372. The minimum atomic E-state index is -4.28. The zero-order chi connectivity index (χ0) is 58.1. The van der Waals surface area contributed by atoms with Gasteiger partial charge in [0.05, 0.1) is 58.8 Å². The summed E-state index contributed by atoms with van der Waals surface area (Å²) < 4.78 is 59.2. The van der Waals surface area contributed by atoms with E-state index >= 15 is 0 Å². The Kier molecular flexibility index (Phi) is 26.9. The molecular weight excluding hydrogens is 1030 g/mol. The summed E-state index contributed by atoms with van der Waals surface area (Å²) in [4.78, 5) is 82.8. The van der Waals surface area contributed by atoms with Crippen LogP contribution in [0.3, 0.4) is 0 Å². The van der Waals surface area contributed by atoms with Gasteiger partial charge in [-0.3, -0.25) is 28.2 Å². The molecule has 3 aliphatic heterocycles. The molecule has 1 amide bonds. The van der Waals surface area contributed by atoms with E-state index in [1.165, 1.54) is 12.0 Å². The summed E-state index contributed by atoms with van der Waals surface area (Å²) >= 11 is 0. The maximum Gasteiger partial charge on any atom is 0.472 e. The predicted molar refractivity (Wildman–Crippen MR) is 293 cm³/mol. The molecule has 4 aliphatic rings. The van der Waals surface area contributed by atoms with Gasteiger partial charge in [-0.2, -0.15) is 0 Å². The van der Waals surface area contributed by atoms with Crippen LogP contribution in [0.15, 0.2) is 47.6 Å². The fraction of sp³-hybridized carbons (Fsp3) is 0.776. The van der Waals surface area contributed by atoms with Gasteiger partial charge < -0.3 is 52.9 Å². The van der Waals surface area contributed by atoms with Gasteiger partial charge in [-0.1, -0.05) is 71.1 Å². The molecular formula is C58H96N2O17P+. The number of rotatable bonds is 15. The molecule has 444 valence electrons. The Labute approximate surface area is 464 Å². The maximum atomic E-state index is 14.6. The molecule has 3 fully saturated rings. The number of ether oxygens (including phenoxy) is 6. The van der Waals surface area contributed by atoms with Crippen LogP contribution in [0.25, 0.3) is 0 Å². The Morgan fingerprint density at radius 1 is 0.833 bits per heavy atom. The minimum Gasteiger partial charge on any atom is -0.460 e. The van der Waals surface area contributed by atoms with Crippen molar-refractivity contribution in [3.63, 3.8) is 0 Å². The Balaban J connectivity index is 1.62. The van der Waals surface area contributed by atoms with Gasteiger partial charge in [0.2, 0.25) is 5.79 Å². The van der Waals surface area contributed by atoms with Gasteiger partial charge in [-0.25, -0.2) is 9.36 Å². The average molecular weight is 1120 g/mol. The van der Waals surface area contributed by atoms with Crippen molar-refractivity contribution in [3.8, 4) is 0 Å². The number of aliphatic hydroxyl groups excluding tert-OH is 1. The normalized spacial score (nSPS) is 36.7. The molecule has 1 aliphatic carbocycles. The number of fused-ring (bicyclic) bond motifs is 3. The lowest BCUT2D eigenvalue weighted by atomic mass is 9.78. The molecule has 1 saturated carbocycles. The Hall–Kier alpha value is -3.30. The molecule has 78 heavy (non-hydrogen) atoms. The Morgan fingerprint density at radius 3 is 2.21 bits per heavy atom. The highest BCUT2D eigenvalue weighted by molar-refractivity contribution is 7.47. The minimum absolute atomic E-state index is 0.00303. The number of nitrogens with zero attached hydrogens (tertiary/aromatic N) is 2. The highest BCUT2D eigenvalue weighted by Gasteiger charge is 2.53. The van der Waals surface area contributed by atoms with Gasteiger partial charge in [0.1, 0.15) is 43.3 Å². The summed E-state index contributed by atoms with van der Waals surface area (Å²) in [6.45, 7) is 13.1. The van der Waals surface area contributed by atoms with E-state index < -0.39 is 91.5 Å². The standard InChI is InChI=1S/C58H95N2O17P/c1-37-19-15-14-16-20-38(2)49(70-11)35-45-24-22-43(7)58(67,77-45)55(64)56(65)59-26-18-17-21-46(59)57(66)76-50(36-47(61)39(3)32-42(6)53(63)54(72-13)52(62)41(5)31-37)40(4)33-44-23-25-48(51(34-44)71-12)73-29-30-75-78(68,69)74-28-27-60(8,9)10/h14-16,19-20,32,37,39-41,43-46,48-51,53-54,63,67H,17-18,21-31,33-36H2,1-13H3/p+1/b16-14-,19-15-,38-20-,42-32-/t37-,39-,40-,41-,43-,44+,45+,46+,48-,49-,50+,51-,53-,54+,58-/m1/s1. The number of allylic oxidation sites excluding steroid dienone is 6. The van der Waals surface area contributed by atoms with E-state index in [0.717, 1.165) is 5.57 Å². The molecule has 20 heteroatoms. The third-order valence-corrected chi connectivity index (χ3v) is 17.2. The van der Waals surface area contributed by atoms with Crippen LogP contribution in [-0.4, -0.2) is 184 Å². The SMILES string of the molecule is CO[C@@H]1C[C@@H]2CC[C@@H](C)[C@@](O)(O2)C(=O)C(=O)N2CCCC[C@H]2C(=O)O[C@H]([C@H](C)C[C@@H]2CC[C@@H](OCCOP(=O)(O)OCC[N+](C)(C)C)[C@H](OC)C2)CC(=O)[C@H](C)/C=C(/C)[C@@H](O)[C@@H](OC)C(=O)[C@H](C)C[C@H](C)\C=C/C=C\C=C/1C. The van der Waals surface area contributed by atoms with Crippen LogP contribution in [0.1, 0.15) is 126 Å². The van der Waals surface area contributed by atoms with E-state index in [9.17, 15) is 43.6 Å². The molecule has 1 unspecified atom stereocenters. The molecule has 3 N–H and O–H groups in total. The second-order valence-electron chi connectivity index (χ2n) is 23.6. The van der Waals surface area contributed by atoms with Crippen LogP contribution in [-0.2, 0) is 66.0 Å². The first kappa shape index (κ1) is 67.2. The summed E-state index contributed by atoms with van der Waals surface area (Å²) in [5.41, 5.74) is 1.23. The summed E-state index contributed by atoms with van der Waals surface area (Å²) in [6.07, 6.45) is 10.9. The fourth-order valence-corrected chi connectivity index (χ4v) is 11.8. The van der Waals surface area contributed by atoms with Gasteiger partial charge >= 0.3 is 13.8 Å². The molecule has 2 bridgehead atoms. The van der Waals surface area contributed by atoms with Crippen molar-refractivity contribution in [2.75, 3.05) is 75.4 Å². The van der Waals surface area contributed by atoms with Crippen molar-refractivity contribution in [2.45, 2.75) is 180 Å². The number of amides is 1. The first-order valence-corrected chi connectivity index (χ1v) is 29.7. The number of hydrogen-bond donors (Lipinski definition) is 3. The highest BCUT2D eigenvalue weighted by atomic mass is 31.2. The first-order valence-electron chi connectivity index (χ1n) is 28.2. The largest absolute Gasteiger partial charge is 0.472 e. The fourth-order valence-electron chi connectivity index (χ4n) is 11.1. The lowest BCUT2D eigenvalue weighted by Crippen LogP contribution is -2.61. The van der Waals surface area contributed by atoms with Gasteiger partial charge in [0, 0.05) is 58.5 Å². The van der Waals surface area contributed by atoms with Crippen molar-refractivity contribution in [2.24, 2.45) is 35.5 Å². The number of Topliss-reactive ketones (excluding diaryl/α,β-unsaturated/α-hetero) is 3. The number of cyclic esters (lactones) is 1. The number of aliphatic hydroxyl groups is 2. The third kappa shape index (κ3) is 20.0. The molecule has 4 rings (SSSR count). The Morgan fingerprint density at radius 2 is 1.54 bits per heavy atom. The third-order valence-electron chi connectivity index (χ3n) is 16.1. The highest BCUT2D eigenvalue weighted by Crippen LogP contribution is 2.43. The number of hydrogen-bond acceptors (Lipinski definition) is 16. The second-order valence-corrected chi connectivity index (χ2v) is 25.0. The van der Waals surface area contributed by atoms with Crippen LogP contribution in [0.4, 0.5) is 0 Å².